The average Bonchev–Trinajstić information content (AvgIpc) is 0.783. The van der Waals surface area contributed by atoms with Crippen LogP contribution in [0.1, 0.15) is 216 Å². The third-order valence-corrected chi connectivity index (χ3v) is 25.2. The van der Waals surface area contributed by atoms with Gasteiger partial charge in [-0.3, -0.25) is 19.2 Å². The molecule has 38 heteroatoms. The quantitative estimate of drug-likeness (QED) is 0.00608. The molecule has 708 valence electrons. The summed E-state index contributed by atoms with van der Waals surface area (Å²) in [6.07, 6.45) is 7.61. The van der Waals surface area contributed by atoms with Crippen molar-refractivity contribution in [2.45, 2.75) is 189 Å². The number of nitrogens with one attached hydrogen (secondary N) is 3. The molecule has 3 amide bonds. The van der Waals surface area contributed by atoms with Gasteiger partial charge in [-0.1, -0.05) is 110 Å². The molecule has 4 rings (SSSR count). The van der Waals surface area contributed by atoms with Crippen LogP contribution in [0.5, 0.6) is 17.2 Å². The summed E-state index contributed by atoms with van der Waals surface area (Å²) in [7, 11) is -0.0696. The summed E-state index contributed by atoms with van der Waals surface area (Å²) in [6.45, 7) is 21.8. The van der Waals surface area contributed by atoms with Crippen LogP contribution in [0.25, 0.3) is 0 Å². The van der Waals surface area contributed by atoms with E-state index in [1.165, 1.54) is 12.3 Å². The lowest BCUT2D eigenvalue weighted by atomic mass is 9.77. The number of quaternary nitrogens is 3. The van der Waals surface area contributed by atoms with E-state index >= 15 is 17.6 Å². The Morgan fingerprint density at radius 2 is 0.726 bits per heavy atom. The Bertz CT molecular complexity index is 4390. The summed E-state index contributed by atoms with van der Waals surface area (Å²) in [4.78, 5) is 51.0. The third-order valence-electron chi connectivity index (χ3n) is 21.3. The van der Waals surface area contributed by atoms with E-state index in [0.29, 0.717) is 134 Å². The van der Waals surface area contributed by atoms with Crippen molar-refractivity contribution < 1.29 is 134 Å². The fourth-order valence-corrected chi connectivity index (χ4v) is 16.6. The number of halogens is 12. The number of thiol groups is 1. The first kappa shape index (κ1) is 114. The number of carbonyl (C=O) groups excluding carboxylic acids is 4. The van der Waals surface area contributed by atoms with Crippen LogP contribution >= 0.6 is 24.4 Å². The predicted molar refractivity (Wildman–Crippen MR) is 461 cm³/mol. The second-order valence-electron chi connectivity index (χ2n) is 35.0. The predicted octanol–water partition coefficient (Wildman–Crippen LogP) is 16.3. The van der Waals surface area contributed by atoms with Crippen molar-refractivity contribution in [1.29, 1.82) is 0 Å². The van der Waals surface area contributed by atoms with Gasteiger partial charge in [-0.25, -0.2) is 51.6 Å². The van der Waals surface area contributed by atoms with E-state index in [-0.39, 0.29) is 107 Å². The molecule has 3 N–H and O–H groups in total. The fraction of sp³-hybridized carbons (Fsp3) is 0.651. The lowest BCUT2D eigenvalue weighted by Crippen LogP contribution is -2.44. The lowest BCUT2D eigenvalue weighted by Gasteiger charge is -2.31. The highest BCUT2D eigenvalue weighted by Crippen LogP contribution is 2.44. The van der Waals surface area contributed by atoms with Crippen LogP contribution < -0.4 is 30.2 Å². The SMILES string of the molecule is C=CCCOc1c(F)c(F)c(C(CC)CC(C)(C)C(=O)NCCC[N+](C)(C)CCCS(C)(=O)=O)c(F)c1F.CCC(CC(C)(C)C(=O)NCCC[N+](C)(C)CCCS(=O)(=O)[O-])c1c(F)c(F)c(OCCCCS)c(F)c1F.CCC(CC(C)(C)C(=O)NCCC[N+](C)(C)CCCS(=O)(=O)[O-])c1c(F)c(F)c(OCCCCSC(=O)c2ccccc2)c(F)c1F. The maximum absolute atomic E-state index is 15.3. The first-order chi connectivity index (χ1) is 57.3. The largest absolute Gasteiger partial charge is 0.748 e. The van der Waals surface area contributed by atoms with Gasteiger partial charge < -0.3 is 52.7 Å². The number of nitrogens with zero attached hydrogens (tertiary/aromatic N) is 3. The summed E-state index contributed by atoms with van der Waals surface area (Å²) in [5, 5.41) is 8.32. The Kier molecular flexibility index (Phi) is 48.0. The van der Waals surface area contributed by atoms with Gasteiger partial charge in [0, 0.05) is 120 Å². The molecular formula is C86H131F12N6O15S5+. The van der Waals surface area contributed by atoms with Gasteiger partial charge in [0.2, 0.25) is 57.7 Å². The van der Waals surface area contributed by atoms with Gasteiger partial charge in [0.15, 0.2) is 52.2 Å². The number of benzene rings is 4. The molecule has 0 heterocycles. The summed E-state index contributed by atoms with van der Waals surface area (Å²) >= 11 is 5.12. The van der Waals surface area contributed by atoms with Gasteiger partial charge in [-0.15, -0.1) is 6.58 Å². The molecule has 3 unspecified atom stereocenters. The fourth-order valence-electron chi connectivity index (χ4n) is 13.9. The molecule has 0 aliphatic rings. The molecule has 0 saturated heterocycles. The van der Waals surface area contributed by atoms with E-state index in [1.54, 1.807) is 92.6 Å². The van der Waals surface area contributed by atoms with Crippen molar-refractivity contribution in [1.82, 2.24) is 16.0 Å². The van der Waals surface area contributed by atoms with Crippen molar-refractivity contribution >= 4 is 77.3 Å². The van der Waals surface area contributed by atoms with E-state index in [4.69, 9.17) is 14.2 Å². The first-order valence-corrected chi connectivity index (χ1v) is 48.4. The smallest absolute Gasteiger partial charge is 0.225 e. The maximum atomic E-state index is 15.3. The highest BCUT2D eigenvalue weighted by atomic mass is 32.2. The molecule has 0 radical (unpaired) electrons. The van der Waals surface area contributed by atoms with Crippen LogP contribution in [0.2, 0.25) is 0 Å². The van der Waals surface area contributed by atoms with Crippen molar-refractivity contribution in [3.05, 3.63) is 135 Å². The van der Waals surface area contributed by atoms with Gasteiger partial charge in [0.25, 0.3) is 0 Å². The Morgan fingerprint density at radius 3 is 1.00 bits per heavy atom. The van der Waals surface area contributed by atoms with Crippen LogP contribution in [0, 0.1) is 86.1 Å². The van der Waals surface area contributed by atoms with E-state index < -0.39 is 185 Å². The molecule has 3 atom stereocenters. The number of unbranched alkanes of at least 4 members (excludes halogenated alkanes) is 2. The molecule has 0 fully saturated rings. The highest BCUT2D eigenvalue weighted by molar-refractivity contribution is 8.14. The van der Waals surface area contributed by atoms with Gasteiger partial charge >= 0.3 is 0 Å². The molecule has 4 aromatic carbocycles. The maximum Gasteiger partial charge on any atom is 0.225 e. The Morgan fingerprint density at radius 1 is 0.444 bits per heavy atom. The number of rotatable bonds is 55. The third kappa shape index (κ3) is 39.3. The van der Waals surface area contributed by atoms with Gasteiger partial charge in [0.05, 0.1) is 127 Å². The number of ether oxygens (including phenoxy) is 3. The number of hydrogen-bond acceptors (Lipinski definition) is 17. The highest BCUT2D eigenvalue weighted by Gasteiger charge is 2.41. The molecule has 21 nitrogen and oxygen atoms in total. The summed E-state index contributed by atoms with van der Waals surface area (Å²) in [6, 6.07) is 8.70. The van der Waals surface area contributed by atoms with Crippen molar-refractivity contribution in [3.8, 4) is 17.2 Å². The van der Waals surface area contributed by atoms with Gasteiger partial charge in [-0.2, -0.15) is 39.0 Å². The summed E-state index contributed by atoms with van der Waals surface area (Å²) in [5.41, 5.74) is -5.02. The number of sulfone groups is 1. The second-order valence-corrected chi connectivity index (χ2v) is 41.9. The molecule has 0 aromatic heterocycles. The number of amides is 3. The minimum Gasteiger partial charge on any atom is -0.748 e. The molecule has 4 aromatic rings. The minimum absolute atomic E-state index is 0.0359. The van der Waals surface area contributed by atoms with Crippen molar-refractivity contribution in [3.63, 3.8) is 0 Å². The molecule has 0 aliphatic heterocycles. The van der Waals surface area contributed by atoms with Gasteiger partial charge in [-0.05, 0) is 94.1 Å². The molecule has 0 aliphatic carbocycles. The Hall–Kier alpha value is -6.39. The zero-order valence-corrected chi connectivity index (χ0v) is 78.7. The van der Waals surface area contributed by atoms with E-state index in [2.05, 4.69) is 35.2 Å². The number of carbonyl (C=O) groups is 4. The molecule has 0 saturated carbocycles. The molecule has 0 spiro atoms. The molecular weight excluding hydrogens is 1750 g/mol. The zero-order valence-electron chi connectivity index (χ0n) is 74.5. The first-order valence-electron chi connectivity index (χ1n) is 41.6. The van der Waals surface area contributed by atoms with Crippen molar-refractivity contribution in [2.75, 3.05) is 156 Å². The van der Waals surface area contributed by atoms with Crippen LogP contribution in [0.15, 0.2) is 43.0 Å². The summed E-state index contributed by atoms with van der Waals surface area (Å²) in [5.74, 6) is -26.0. The normalized spacial score (nSPS) is 13.2. The number of thioether (sulfide) groups is 1. The average molecular weight is 1880 g/mol. The van der Waals surface area contributed by atoms with Crippen LogP contribution in [0.4, 0.5) is 52.7 Å². The van der Waals surface area contributed by atoms with E-state index in [0.717, 1.165) is 11.8 Å². The summed E-state index contributed by atoms with van der Waals surface area (Å²) < 4.78 is 283. The Balaban J connectivity index is 0.000000635. The van der Waals surface area contributed by atoms with Crippen LogP contribution in [0.3, 0.4) is 0 Å². The Labute approximate surface area is 736 Å². The minimum atomic E-state index is -4.28. The van der Waals surface area contributed by atoms with Crippen molar-refractivity contribution in [2.24, 2.45) is 16.2 Å². The zero-order chi connectivity index (χ0) is 94.7. The topological polar surface area (TPSA) is 281 Å². The molecule has 0 bridgehead atoms. The van der Waals surface area contributed by atoms with Crippen LogP contribution in [-0.2, 0) is 44.5 Å². The molecule has 124 heavy (non-hydrogen) atoms. The van der Waals surface area contributed by atoms with Gasteiger partial charge in [0.1, 0.15) is 9.84 Å². The number of hydrogen-bond donors (Lipinski definition) is 4. The van der Waals surface area contributed by atoms with E-state index in [9.17, 15) is 88.7 Å². The monoisotopic (exact) mass is 1880 g/mol. The van der Waals surface area contributed by atoms with E-state index in [1.807, 2.05) is 42.3 Å². The second kappa shape index (κ2) is 52.3. The van der Waals surface area contributed by atoms with Crippen LogP contribution in [-0.4, -0.2) is 227 Å². The lowest BCUT2D eigenvalue weighted by molar-refractivity contribution is -0.890. The standard InChI is InChI=1S/C33H46F4N2O6S2.C27H42F4N2O4S.C26H42F4N2O5S2/c1-6-23(22-33(2,3)32(41)38-16-12-17-39(4,5)18-13-21-47(42,43)44)25-26(34)28(36)30(29(37)27(25)35)45-19-10-11-20-46-31(40)24-14-8-7-9-15-24;1-8-10-16-37-25-23(30)21(28)20(22(29)24(25)31)19(9-2)18-27(3,4)26(34)32-13-11-14-33(5,6)15-12-17-38(7,35)36;1-6-18(19-20(27)22(29)24(23(30)21(19)28)37-14-7-8-15-38)17-26(2,3)25(33)31-11-9-12-32(4,5)13-10-16-39(34,35)36/h7-9,14-15,23H,6,10-13,16-22H2,1-5H3,(H-,38,41,42,43,44);8,19H,1,9-18H2,2-7H3;18H,6-17H2,1-5H3,(H2-,31,33,34,35,36,38)/p+1.